The fourth-order valence-electron chi connectivity index (χ4n) is 3.67. The number of rotatable bonds is 5. The van der Waals surface area contributed by atoms with Gasteiger partial charge in [-0.05, 0) is 48.9 Å². The number of piperazine rings is 1. The Kier molecular flexibility index (Phi) is 5.80. The lowest BCUT2D eigenvalue weighted by Crippen LogP contribution is -2.49. The predicted octanol–water partition coefficient (Wildman–Crippen LogP) is 4.68. The molecule has 4 nitrogen and oxygen atoms in total. The van der Waals surface area contributed by atoms with E-state index >= 15 is 0 Å². The lowest BCUT2D eigenvalue weighted by Gasteiger charge is -2.36. The molecule has 0 radical (unpaired) electrons. The Morgan fingerprint density at radius 2 is 1.52 bits per heavy atom. The van der Waals surface area contributed by atoms with E-state index in [1.165, 1.54) is 5.56 Å². The van der Waals surface area contributed by atoms with Crippen molar-refractivity contribution in [3.8, 4) is 11.5 Å². The normalized spacial score (nSPS) is 14.0. The molecule has 0 atom stereocenters. The van der Waals surface area contributed by atoms with Crippen LogP contribution in [0.1, 0.15) is 11.1 Å². The molecule has 0 unspecified atom stereocenters. The molecule has 1 aliphatic rings. The van der Waals surface area contributed by atoms with Crippen molar-refractivity contribution in [1.29, 1.82) is 0 Å². The third kappa shape index (κ3) is 4.96. The molecule has 29 heavy (non-hydrogen) atoms. The van der Waals surface area contributed by atoms with E-state index < -0.39 is 0 Å². The summed E-state index contributed by atoms with van der Waals surface area (Å²) in [4.78, 5) is 16.9. The maximum atomic E-state index is 12.6. The highest BCUT2D eigenvalue weighted by atomic mass is 16.5. The van der Waals surface area contributed by atoms with Crippen molar-refractivity contribution in [2.75, 3.05) is 31.1 Å². The van der Waals surface area contributed by atoms with Crippen LogP contribution in [0.25, 0.3) is 0 Å². The van der Waals surface area contributed by atoms with Gasteiger partial charge in [0.05, 0.1) is 6.42 Å². The molecule has 1 saturated heterocycles. The van der Waals surface area contributed by atoms with E-state index in [1.807, 2.05) is 59.5 Å². The fourth-order valence-corrected chi connectivity index (χ4v) is 3.67. The highest BCUT2D eigenvalue weighted by Gasteiger charge is 2.21. The van der Waals surface area contributed by atoms with Gasteiger partial charge in [0, 0.05) is 31.9 Å². The second kappa shape index (κ2) is 8.82. The average Bonchev–Trinajstić information content (AvgIpc) is 2.75. The summed E-state index contributed by atoms with van der Waals surface area (Å²) in [5.74, 6) is 1.87. The van der Waals surface area contributed by atoms with Crippen LogP contribution >= 0.6 is 0 Å². The molecule has 1 amide bonds. The summed E-state index contributed by atoms with van der Waals surface area (Å²) in [7, 11) is 0. The smallest absolute Gasteiger partial charge is 0.227 e. The molecule has 148 valence electrons. The van der Waals surface area contributed by atoms with Gasteiger partial charge in [0.1, 0.15) is 11.5 Å². The first-order chi connectivity index (χ1) is 14.2. The second-order valence-electron chi connectivity index (χ2n) is 7.44. The van der Waals surface area contributed by atoms with Gasteiger partial charge >= 0.3 is 0 Å². The minimum absolute atomic E-state index is 0.210. The molecule has 4 heteroatoms. The maximum Gasteiger partial charge on any atom is 0.227 e. The first-order valence-corrected chi connectivity index (χ1v) is 10.1. The number of ether oxygens (including phenoxy) is 1. The number of hydrogen-bond acceptors (Lipinski definition) is 3. The molecule has 1 aliphatic heterocycles. The van der Waals surface area contributed by atoms with Gasteiger partial charge in [-0.15, -0.1) is 0 Å². The van der Waals surface area contributed by atoms with Gasteiger partial charge < -0.3 is 14.5 Å². The van der Waals surface area contributed by atoms with Crippen molar-refractivity contribution in [3.05, 3.63) is 90.0 Å². The SMILES string of the molecule is Cc1cccc(CC(=O)N2CCN(c3ccc(Oc4ccccc4)cc3)CC2)c1. The highest BCUT2D eigenvalue weighted by Crippen LogP contribution is 2.25. The van der Waals surface area contributed by atoms with E-state index in [0.29, 0.717) is 6.42 Å². The van der Waals surface area contributed by atoms with Gasteiger partial charge in [0.15, 0.2) is 0 Å². The molecule has 4 rings (SSSR count). The van der Waals surface area contributed by atoms with Crippen molar-refractivity contribution in [3.63, 3.8) is 0 Å². The Morgan fingerprint density at radius 3 is 2.21 bits per heavy atom. The van der Waals surface area contributed by atoms with Crippen LogP contribution in [-0.4, -0.2) is 37.0 Å². The number of para-hydroxylation sites is 1. The van der Waals surface area contributed by atoms with Gasteiger partial charge in [-0.2, -0.15) is 0 Å². The van der Waals surface area contributed by atoms with Crippen LogP contribution in [0.3, 0.4) is 0 Å². The van der Waals surface area contributed by atoms with E-state index in [0.717, 1.165) is 48.9 Å². The quantitative estimate of drug-likeness (QED) is 0.638. The molecule has 3 aromatic rings. The Hall–Kier alpha value is -3.27. The van der Waals surface area contributed by atoms with Gasteiger partial charge in [0.25, 0.3) is 0 Å². The average molecular weight is 386 g/mol. The Bertz CT molecular complexity index is 946. The first-order valence-electron chi connectivity index (χ1n) is 10.1. The standard InChI is InChI=1S/C25H26N2O2/c1-20-6-5-7-21(18-20)19-25(28)27-16-14-26(15-17-27)22-10-12-24(13-11-22)29-23-8-3-2-4-9-23/h2-13,18H,14-17,19H2,1H3. The summed E-state index contributed by atoms with van der Waals surface area (Å²) in [6.45, 7) is 5.26. The summed E-state index contributed by atoms with van der Waals surface area (Å²) in [6.07, 6.45) is 0.479. The van der Waals surface area contributed by atoms with E-state index in [1.54, 1.807) is 0 Å². The summed E-state index contributed by atoms with van der Waals surface area (Å²) < 4.78 is 5.86. The third-order valence-electron chi connectivity index (χ3n) is 5.25. The van der Waals surface area contributed by atoms with Crippen LogP contribution in [0.2, 0.25) is 0 Å². The van der Waals surface area contributed by atoms with Crippen LogP contribution in [0.4, 0.5) is 5.69 Å². The Balaban J connectivity index is 1.30. The number of anilines is 1. The summed E-state index contributed by atoms with van der Waals surface area (Å²) >= 11 is 0. The van der Waals surface area contributed by atoms with Gasteiger partial charge in [-0.1, -0.05) is 48.0 Å². The van der Waals surface area contributed by atoms with Gasteiger partial charge in [-0.25, -0.2) is 0 Å². The van der Waals surface area contributed by atoms with Crippen LogP contribution in [-0.2, 0) is 11.2 Å². The third-order valence-corrected chi connectivity index (χ3v) is 5.25. The van der Waals surface area contributed by atoms with Crippen LogP contribution < -0.4 is 9.64 Å². The van der Waals surface area contributed by atoms with Crippen molar-refractivity contribution in [2.45, 2.75) is 13.3 Å². The molecule has 0 saturated carbocycles. The molecule has 0 N–H and O–H groups in total. The molecular weight excluding hydrogens is 360 g/mol. The Labute approximate surface area is 172 Å². The monoisotopic (exact) mass is 386 g/mol. The van der Waals surface area contributed by atoms with E-state index in [9.17, 15) is 4.79 Å². The zero-order chi connectivity index (χ0) is 20.1. The molecule has 0 aromatic heterocycles. The summed E-state index contributed by atoms with van der Waals surface area (Å²) in [6, 6.07) is 26.1. The topological polar surface area (TPSA) is 32.8 Å². The first kappa shape index (κ1) is 19.1. The molecule has 0 spiro atoms. The molecular formula is C25H26N2O2. The number of nitrogens with zero attached hydrogens (tertiary/aromatic N) is 2. The van der Waals surface area contributed by atoms with Crippen molar-refractivity contribution in [1.82, 2.24) is 4.90 Å². The van der Waals surface area contributed by atoms with Gasteiger partial charge in [-0.3, -0.25) is 4.79 Å². The fraction of sp³-hybridized carbons (Fsp3) is 0.240. The maximum absolute atomic E-state index is 12.6. The number of amides is 1. The van der Waals surface area contributed by atoms with E-state index in [-0.39, 0.29) is 5.91 Å². The molecule has 1 heterocycles. The van der Waals surface area contributed by atoms with E-state index in [2.05, 4.69) is 36.1 Å². The van der Waals surface area contributed by atoms with Crippen LogP contribution in [0.5, 0.6) is 11.5 Å². The van der Waals surface area contributed by atoms with Crippen molar-refractivity contribution < 1.29 is 9.53 Å². The van der Waals surface area contributed by atoms with E-state index in [4.69, 9.17) is 4.74 Å². The largest absolute Gasteiger partial charge is 0.457 e. The Morgan fingerprint density at radius 1 is 0.828 bits per heavy atom. The molecule has 3 aromatic carbocycles. The minimum Gasteiger partial charge on any atom is -0.457 e. The van der Waals surface area contributed by atoms with Gasteiger partial charge in [0.2, 0.25) is 5.91 Å². The minimum atomic E-state index is 0.210. The highest BCUT2D eigenvalue weighted by molar-refractivity contribution is 5.79. The molecule has 0 bridgehead atoms. The predicted molar refractivity (Wildman–Crippen MR) is 117 cm³/mol. The number of carbonyl (C=O) groups excluding carboxylic acids is 1. The lowest BCUT2D eigenvalue weighted by atomic mass is 10.1. The number of carbonyl (C=O) groups is 1. The second-order valence-corrected chi connectivity index (χ2v) is 7.44. The number of aryl methyl sites for hydroxylation is 1. The lowest BCUT2D eigenvalue weighted by molar-refractivity contribution is -0.130. The van der Waals surface area contributed by atoms with Crippen molar-refractivity contribution in [2.24, 2.45) is 0 Å². The summed E-state index contributed by atoms with van der Waals surface area (Å²) in [5, 5.41) is 0. The zero-order valence-electron chi connectivity index (χ0n) is 16.8. The zero-order valence-corrected chi connectivity index (χ0v) is 16.8. The van der Waals surface area contributed by atoms with Crippen LogP contribution in [0, 0.1) is 6.92 Å². The summed E-state index contributed by atoms with van der Waals surface area (Å²) in [5.41, 5.74) is 3.45. The molecule has 0 aliphatic carbocycles. The number of hydrogen-bond donors (Lipinski definition) is 0. The van der Waals surface area contributed by atoms with Crippen molar-refractivity contribution >= 4 is 11.6 Å². The molecule has 1 fully saturated rings. The van der Waals surface area contributed by atoms with Crippen LogP contribution in [0.15, 0.2) is 78.9 Å². The number of benzene rings is 3.